The fraction of sp³-hybridized carbons (Fsp3) is 0. The molecule has 0 aliphatic heterocycles. The summed E-state index contributed by atoms with van der Waals surface area (Å²) in [5.41, 5.74) is 19.0. The van der Waals surface area contributed by atoms with E-state index in [9.17, 15) is 4.57 Å². The number of hydrogen-bond acceptors (Lipinski definition) is 7. The summed E-state index contributed by atoms with van der Waals surface area (Å²) in [7, 11) is 0. The monoisotopic (exact) mass is 387 g/mol. The Labute approximate surface area is 155 Å². The van der Waals surface area contributed by atoms with Gasteiger partial charge in [-0.2, -0.15) is 0 Å². The molecule has 0 saturated heterocycles. The molecule has 6 N–H and O–H groups in total. The van der Waals surface area contributed by atoms with E-state index in [1.165, 1.54) is 0 Å². The molecular weight excluding hydrogens is 369 g/mol. The zero-order valence-corrected chi connectivity index (χ0v) is 15.5. The van der Waals surface area contributed by atoms with Crippen LogP contribution in [0.3, 0.4) is 0 Å². The van der Waals surface area contributed by atoms with Crippen molar-refractivity contribution in [2.45, 2.75) is 4.90 Å². The Kier molecular flexibility index (Phi) is 5.30. The van der Waals surface area contributed by atoms with Gasteiger partial charge in [-0.25, -0.2) is 4.57 Å². The van der Waals surface area contributed by atoms with Crippen molar-refractivity contribution >= 4 is 35.2 Å². The van der Waals surface area contributed by atoms with Crippen LogP contribution in [0.25, 0.3) is 0 Å². The lowest BCUT2D eigenvalue weighted by Crippen LogP contribution is -2.02. The zero-order valence-electron chi connectivity index (χ0n) is 13.7. The average Bonchev–Trinajstić information content (AvgIpc) is 2.61. The van der Waals surface area contributed by atoms with E-state index in [1.54, 1.807) is 72.8 Å². The van der Waals surface area contributed by atoms with Crippen LogP contribution >= 0.6 is 18.2 Å². The van der Waals surface area contributed by atoms with Gasteiger partial charge in [-0.1, -0.05) is 36.4 Å². The first-order chi connectivity index (χ1) is 12.5. The first-order valence-electron chi connectivity index (χ1n) is 7.69. The van der Waals surface area contributed by atoms with Gasteiger partial charge in [-0.05, 0) is 36.4 Å². The lowest BCUT2D eigenvalue weighted by Gasteiger charge is -2.21. The van der Waals surface area contributed by atoms with Gasteiger partial charge in [-0.15, -0.1) is 0 Å². The SMILES string of the molecule is Nc1ccccc1OP(=O)(Oc1ccccc1N)Sc1ccccc1N. The van der Waals surface area contributed by atoms with Crippen LogP contribution in [0, 0.1) is 0 Å². The number of rotatable bonds is 6. The van der Waals surface area contributed by atoms with Gasteiger partial charge < -0.3 is 26.2 Å². The van der Waals surface area contributed by atoms with Gasteiger partial charge in [0.15, 0.2) is 11.5 Å². The molecule has 0 amide bonds. The maximum atomic E-state index is 13.5. The van der Waals surface area contributed by atoms with Crippen LogP contribution in [-0.2, 0) is 4.57 Å². The molecule has 0 radical (unpaired) electrons. The quantitative estimate of drug-likeness (QED) is 0.411. The van der Waals surface area contributed by atoms with E-state index in [2.05, 4.69) is 0 Å². The van der Waals surface area contributed by atoms with Crippen molar-refractivity contribution in [3.63, 3.8) is 0 Å². The van der Waals surface area contributed by atoms with Crippen molar-refractivity contribution in [1.82, 2.24) is 0 Å². The molecule has 0 saturated carbocycles. The number of hydrogen-bond donors (Lipinski definition) is 3. The summed E-state index contributed by atoms with van der Waals surface area (Å²) in [6, 6.07) is 20.5. The minimum Gasteiger partial charge on any atom is -0.406 e. The molecule has 0 heterocycles. The Bertz CT molecular complexity index is 845. The molecule has 0 unspecified atom stereocenters. The molecule has 0 aliphatic rings. The summed E-state index contributed by atoms with van der Waals surface area (Å²) in [4.78, 5) is 0.569. The van der Waals surface area contributed by atoms with E-state index in [0.717, 1.165) is 11.4 Å². The smallest absolute Gasteiger partial charge is 0.406 e. The molecule has 3 rings (SSSR count). The van der Waals surface area contributed by atoms with Gasteiger partial charge in [0.1, 0.15) is 0 Å². The van der Waals surface area contributed by atoms with E-state index >= 15 is 0 Å². The highest BCUT2D eigenvalue weighted by molar-refractivity contribution is 8.55. The van der Waals surface area contributed by atoms with Crippen LogP contribution in [0.1, 0.15) is 0 Å². The maximum absolute atomic E-state index is 13.5. The standard InChI is InChI=1S/C18H18N3O3PS/c19-13-7-1-4-10-16(13)23-25(22,24-17-11-5-2-8-14(17)20)26-18-12-6-3-9-15(18)21/h1-12H,19-21H2. The topological polar surface area (TPSA) is 114 Å². The fourth-order valence-electron chi connectivity index (χ4n) is 2.11. The summed E-state index contributed by atoms with van der Waals surface area (Å²) in [6.45, 7) is -3.79. The first kappa shape index (κ1) is 18.0. The predicted octanol–water partition coefficient (Wildman–Crippen LogP) is 4.79. The molecular formula is C18H18N3O3PS. The summed E-state index contributed by atoms with van der Waals surface area (Å²) < 4.78 is 25.0. The molecule has 3 aromatic carbocycles. The summed E-state index contributed by atoms with van der Waals surface area (Å²) in [6.07, 6.45) is 0. The molecule has 134 valence electrons. The second kappa shape index (κ2) is 7.64. The van der Waals surface area contributed by atoms with Crippen molar-refractivity contribution in [3.05, 3.63) is 72.8 Å². The average molecular weight is 387 g/mol. The largest absolute Gasteiger partial charge is 0.497 e. The Morgan fingerprint density at radius 1 is 0.654 bits per heavy atom. The number of para-hydroxylation sites is 5. The summed E-state index contributed by atoms with van der Waals surface area (Å²) in [5, 5.41) is 0. The van der Waals surface area contributed by atoms with Gasteiger partial charge in [-0.3, -0.25) is 0 Å². The van der Waals surface area contributed by atoms with Crippen LogP contribution in [0.15, 0.2) is 77.7 Å². The van der Waals surface area contributed by atoms with Crippen molar-refractivity contribution < 1.29 is 13.6 Å². The zero-order chi connectivity index (χ0) is 18.6. The number of nitrogens with two attached hydrogens (primary N) is 3. The molecule has 0 atom stereocenters. The van der Waals surface area contributed by atoms with E-state index in [4.69, 9.17) is 26.2 Å². The highest BCUT2D eigenvalue weighted by atomic mass is 32.7. The maximum Gasteiger partial charge on any atom is 0.497 e. The molecule has 0 aliphatic carbocycles. The van der Waals surface area contributed by atoms with Gasteiger partial charge >= 0.3 is 6.80 Å². The van der Waals surface area contributed by atoms with Crippen molar-refractivity contribution in [2.75, 3.05) is 17.2 Å². The predicted molar refractivity (Wildman–Crippen MR) is 107 cm³/mol. The highest BCUT2D eigenvalue weighted by Crippen LogP contribution is 2.64. The second-order valence-corrected chi connectivity index (χ2v) is 9.11. The molecule has 0 fully saturated rings. The minimum atomic E-state index is -3.79. The van der Waals surface area contributed by atoms with Gasteiger partial charge in [0.05, 0.1) is 11.4 Å². The lowest BCUT2D eigenvalue weighted by molar-refractivity contribution is 0.409. The van der Waals surface area contributed by atoms with Crippen molar-refractivity contribution in [2.24, 2.45) is 0 Å². The van der Waals surface area contributed by atoms with E-state index in [-0.39, 0.29) is 11.5 Å². The highest BCUT2D eigenvalue weighted by Gasteiger charge is 2.32. The van der Waals surface area contributed by atoms with E-state index in [0.29, 0.717) is 22.0 Å². The third-order valence-electron chi connectivity index (χ3n) is 3.39. The molecule has 0 aromatic heterocycles. The van der Waals surface area contributed by atoms with Crippen LogP contribution in [-0.4, -0.2) is 0 Å². The fourth-order valence-corrected chi connectivity index (χ4v) is 5.52. The van der Waals surface area contributed by atoms with Crippen LogP contribution in [0.2, 0.25) is 0 Å². The normalized spacial score (nSPS) is 11.1. The Hall–Kier alpha value is -2.76. The Balaban J connectivity index is 1.97. The van der Waals surface area contributed by atoms with Gasteiger partial charge in [0, 0.05) is 22.0 Å². The molecule has 3 aromatic rings. The number of benzene rings is 3. The van der Waals surface area contributed by atoms with Gasteiger partial charge in [0.2, 0.25) is 0 Å². The molecule has 26 heavy (non-hydrogen) atoms. The molecule has 0 bridgehead atoms. The molecule has 6 nitrogen and oxygen atoms in total. The van der Waals surface area contributed by atoms with Crippen LogP contribution < -0.4 is 26.2 Å². The summed E-state index contributed by atoms with van der Waals surface area (Å²) >= 11 is 0.900. The molecule has 0 spiro atoms. The number of anilines is 3. The Morgan fingerprint density at radius 3 is 1.54 bits per heavy atom. The van der Waals surface area contributed by atoms with Crippen molar-refractivity contribution in [3.8, 4) is 11.5 Å². The van der Waals surface area contributed by atoms with Crippen molar-refractivity contribution in [1.29, 1.82) is 0 Å². The third kappa shape index (κ3) is 4.25. The second-order valence-electron chi connectivity index (χ2n) is 5.33. The summed E-state index contributed by atoms with van der Waals surface area (Å²) in [5.74, 6) is 0.514. The van der Waals surface area contributed by atoms with E-state index < -0.39 is 6.80 Å². The number of nitrogen functional groups attached to an aromatic ring is 3. The third-order valence-corrected chi connectivity index (χ3v) is 6.73. The van der Waals surface area contributed by atoms with Gasteiger partial charge in [0.25, 0.3) is 0 Å². The lowest BCUT2D eigenvalue weighted by atomic mass is 10.3. The van der Waals surface area contributed by atoms with E-state index in [1.807, 2.05) is 0 Å². The first-order valence-corrected chi connectivity index (χ1v) is 10.7. The van der Waals surface area contributed by atoms with Crippen LogP contribution in [0.4, 0.5) is 17.1 Å². The minimum absolute atomic E-state index is 0.257. The Morgan fingerprint density at radius 2 is 1.08 bits per heavy atom. The molecule has 8 heteroatoms. The van der Waals surface area contributed by atoms with Crippen LogP contribution in [0.5, 0.6) is 11.5 Å².